The van der Waals surface area contributed by atoms with E-state index in [9.17, 15) is 0 Å². The Morgan fingerprint density at radius 3 is 2.62 bits per heavy atom. The molecule has 2 fully saturated rings. The van der Waals surface area contributed by atoms with E-state index in [2.05, 4.69) is 42.7 Å². The number of hydrogen-bond acceptors (Lipinski definition) is 3. The number of thioether (sulfide) groups is 2. The molecule has 0 spiro atoms. The van der Waals surface area contributed by atoms with Crippen molar-refractivity contribution in [2.45, 2.75) is 56.1 Å². The summed E-state index contributed by atoms with van der Waals surface area (Å²) in [4.78, 5) is 0. The van der Waals surface area contributed by atoms with E-state index in [1.54, 1.807) is 0 Å². The predicted octanol–water partition coefficient (Wildman–Crippen LogP) is 3.39. The SMILES string of the molecule is CCCNC(CC1CC1)C1SCCSC1C. The number of nitrogens with one attached hydrogen (secondary N) is 1. The highest BCUT2D eigenvalue weighted by Gasteiger charge is 2.34. The van der Waals surface area contributed by atoms with Crippen molar-refractivity contribution >= 4 is 23.5 Å². The van der Waals surface area contributed by atoms with Crippen LogP contribution in [0.4, 0.5) is 0 Å². The first-order chi connectivity index (χ1) is 7.81. The van der Waals surface area contributed by atoms with Crippen LogP contribution < -0.4 is 5.32 Å². The van der Waals surface area contributed by atoms with Crippen molar-refractivity contribution in [3.8, 4) is 0 Å². The maximum absolute atomic E-state index is 3.81. The minimum absolute atomic E-state index is 0.778. The first kappa shape index (κ1) is 13.1. The minimum atomic E-state index is 0.778. The molecule has 0 amide bonds. The summed E-state index contributed by atoms with van der Waals surface area (Å²) < 4.78 is 0. The van der Waals surface area contributed by atoms with E-state index in [-0.39, 0.29) is 0 Å². The third-order valence-corrected chi connectivity index (χ3v) is 6.83. The van der Waals surface area contributed by atoms with Crippen molar-refractivity contribution in [2.75, 3.05) is 18.1 Å². The molecule has 2 aliphatic rings. The molecular weight excluding hydrogens is 234 g/mol. The average molecular weight is 259 g/mol. The van der Waals surface area contributed by atoms with Gasteiger partial charge in [-0.3, -0.25) is 0 Å². The molecule has 94 valence electrons. The standard InChI is InChI=1S/C13H25NS2/c1-3-6-14-12(9-11-4-5-11)13-10(2)15-7-8-16-13/h10-14H,3-9H2,1-2H3. The summed E-state index contributed by atoms with van der Waals surface area (Å²) in [6.07, 6.45) is 5.68. The van der Waals surface area contributed by atoms with Crippen LogP contribution in [-0.4, -0.2) is 34.6 Å². The Kier molecular flexibility index (Phi) is 5.37. The molecule has 0 aromatic rings. The lowest BCUT2D eigenvalue weighted by atomic mass is 10.0. The summed E-state index contributed by atoms with van der Waals surface area (Å²) in [6, 6.07) is 0.778. The van der Waals surface area contributed by atoms with Crippen LogP contribution in [0, 0.1) is 5.92 Å². The van der Waals surface area contributed by atoms with Gasteiger partial charge in [0.05, 0.1) is 0 Å². The molecule has 0 radical (unpaired) electrons. The third-order valence-electron chi connectivity index (χ3n) is 3.57. The molecule has 2 rings (SSSR count). The van der Waals surface area contributed by atoms with Gasteiger partial charge < -0.3 is 5.32 Å². The topological polar surface area (TPSA) is 12.0 Å². The van der Waals surface area contributed by atoms with Crippen LogP contribution in [0.5, 0.6) is 0 Å². The van der Waals surface area contributed by atoms with Gasteiger partial charge in [0.2, 0.25) is 0 Å². The van der Waals surface area contributed by atoms with Crippen LogP contribution in [0.1, 0.15) is 39.5 Å². The predicted molar refractivity (Wildman–Crippen MR) is 77.6 cm³/mol. The van der Waals surface area contributed by atoms with Gasteiger partial charge in [0.1, 0.15) is 0 Å². The molecule has 3 heteroatoms. The second-order valence-corrected chi connectivity index (χ2v) is 7.92. The van der Waals surface area contributed by atoms with Crippen LogP contribution >= 0.6 is 23.5 Å². The lowest BCUT2D eigenvalue weighted by Crippen LogP contribution is -2.44. The molecule has 16 heavy (non-hydrogen) atoms. The summed E-state index contributed by atoms with van der Waals surface area (Å²) in [6.45, 7) is 5.90. The molecule has 3 unspecified atom stereocenters. The van der Waals surface area contributed by atoms with E-state index in [1.807, 2.05) is 0 Å². The van der Waals surface area contributed by atoms with E-state index in [1.165, 1.54) is 43.7 Å². The summed E-state index contributed by atoms with van der Waals surface area (Å²) >= 11 is 4.39. The normalized spacial score (nSPS) is 32.6. The second kappa shape index (κ2) is 6.55. The minimum Gasteiger partial charge on any atom is -0.313 e. The van der Waals surface area contributed by atoms with E-state index < -0.39 is 0 Å². The zero-order chi connectivity index (χ0) is 11.4. The molecule has 1 saturated carbocycles. The molecule has 1 saturated heterocycles. The van der Waals surface area contributed by atoms with Gasteiger partial charge in [0.25, 0.3) is 0 Å². The van der Waals surface area contributed by atoms with E-state index in [0.717, 1.165) is 22.5 Å². The highest BCUT2D eigenvalue weighted by atomic mass is 32.2. The van der Waals surface area contributed by atoms with Crippen molar-refractivity contribution in [3.63, 3.8) is 0 Å². The molecule has 1 nitrogen and oxygen atoms in total. The van der Waals surface area contributed by atoms with Gasteiger partial charge in [-0.25, -0.2) is 0 Å². The van der Waals surface area contributed by atoms with Gasteiger partial charge in [-0.05, 0) is 25.3 Å². The van der Waals surface area contributed by atoms with Crippen molar-refractivity contribution in [2.24, 2.45) is 5.92 Å². The van der Waals surface area contributed by atoms with Gasteiger partial charge in [0.15, 0.2) is 0 Å². The van der Waals surface area contributed by atoms with Crippen LogP contribution in [0.15, 0.2) is 0 Å². The molecule has 1 aliphatic carbocycles. The molecule has 1 N–H and O–H groups in total. The highest BCUT2D eigenvalue weighted by Crippen LogP contribution is 2.39. The van der Waals surface area contributed by atoms with Crippen molar-refractivity contribution in [3.05, 3.63) is 0 Å². The molecule has 1 aliphatic heterocycles. The maximum Gasteiger partial charge on any atom is 0.0317 e. The fourth-order valence-electron chi connectivity index (χ4n) is 2.47. The molecule has 3 atom stereocenters. The zero-order valence-electron chi connectivity index (χ0n) is 10.6. The summed E-state index contributed by atoms with van der Waals surface area (Å²) in [5.74, 6) is 3.76. The van der Waals surface area contributed by atoms with E-state index in [0.29, 0.717) is 0 Å². The summed E-state index contributed by atoms with van der Waals surface area (Å²) in [7, 11) is 0. The zero-order valence-corrected chi connectivity index (χ0v) is 12.2. The Morgan fingerprint density at radius 2 is 2.00 bits per heavy atom. The largest absolute Gasteiger partial charge is 0.313 e. The van der Waals surface area contributed by atoms with Gasteiger partial charge in [-0.15, -0.1) is 0 Å². The van der Waals surface area contributed by atoms with Gasteiger partial charge in [0, 0.05) is 28.0 Å². The first-order valence-electron chi connectivity index (χ1n) is 6.78. The Bertz CT molecular complexity index is 206. The van der Waals surface area contributed by atoms with Crippen LogP contribution in [-0.2, 0) is 0 Å². The number of rotatable bonds is 6. The van der Waals surface area contributed by atoms with Gasteiger partial charge >= 0.3 is 0 Å². The number of hydrogen-bond donors (Lipinski definition) is 1. The second-order valence-electron chi connectivity index (χ2n) is 5.15. The lowest BCUT2D eigenvalue weighted by molar-refractivity contribution is 0.441. The third kappa shape index (κ3) is 3.85. The summed E-state index contributed by atoms with van der Waals surface area (Å²) in [5.41, 5.74) is 0. The summed E-state index contributed by atoms with van der Waals surface area (Å²) in [5, 5.41) is 5.50. The van der Waals surface area contributed by atoms with Crippen molar-refractivity contribution in [1.29, 1.82) is 0 Å². The Hall–Kier alpha value is 0.660. The quantitative estimate of drug-likeness (QED) is 0.785. The fraction of sp³-hybridized carbons (Fsp3) is 1.00. The van der Waals surface area contributed by atoms with E-state index >= 15 is 0 Å². The lowest BCUT2D eigenvalue weighted by Gasteiger charge is -2.35. The van der Waals surface area contributed by atoms with Crippen molar-refractivity contribution < 1.29 is 0 Å². The highest BCUT2D eigenvalue weighted by molar-refractivity contribution is 8.07. The van der Waals surface area contributed by atoms with Gasteiger partial charge in [-0.1, -0.05) is 26.7 Å². The van der Waals surface area contributed by atoms with Crippen LogP contribution in [0.25, 0.3) is 0 Å². The first-order valence-corrected chi connectivity index (χ1v) is 8.87. The molecule has 0 aromatic carbocycles. The monoisotopic (exact) mass is 259 g/mol. The van der Waals surface area contributed by atoms with Crippen LogP contribution in [0.2, 0.25) is 0 Å². The maximum atomic E-state index is 3.81. The molecule has 1 heterocycles. The Balaban J connectivity index is 1.86. The fourth-order valence-corrected chi connectivity index (χ4v) is 5.44. The Morgan fingerprint density at radius 1 is 1.25 bits per heavy atom. The van der Waals surface area contributed by atoms with Gasteiger partial charge in [-0.2, -0.15) is 23.5 Å². The molecular formula is C13H25NS2. The molecule has 0 bridgehead atoms. The smallest absolute Gasteiger partial charge is 0.0317 e. The Labute approximate surface area is 109 Å². The van der Waals surface area contributed by atoms with Crippen LogP contribution in [0.3, 0.4) is 0 Å². The van der Waals surface area contributed by atoms with E-state index in [4.69, 9.17) is 0 Å². The van der Waals surface area contributed by atoms with Crippen molar-refractivity contribution in [1.82, 2.24) is 5.32 Å². The average Bonchev–Trinajstić information content (AvgIpc) is 3.09. The molecule has 0 aromatic heterocycles.